The van der Waals surface area contributed by atoms with Gasteiger partial charge in [0.1, 0.15) is 5.75 Å². The van der Waals surface area contributed by atoms with Crippen LogP contribution in [0.2, 0.25) is 0 Å². The number of ether oxygens (including phenoxy) is 1. The average Bonchev–Trinajstić information content (AvgIpc) is 2.61. The van der Waals surface area contributed by atoms with Gasteiger partial charge in [0.25, 0.3) is 0 Å². The minimum absolute atomic E-state index is 0.0498. The molecule has 0 amide bonds. The number of alkyl halides is 3. The molecule has 7 heteroatoms. The van der Waals surface area contributed by atoms with Crippen LogP contribution in [0.15, 0.2) is 66.9 Å². The van der Waals surface area contributed by atoms with E-state index >= 15 is 0 Å². The average molecular weight is 359 g/mol. The third kappa shape index (κ3) is 4.00. The fourth-order valence-electron chi connectivity index (χ4n) is 2.46. The second-order valence-electron chi connectivity index (χ2n) is 5.36. The van der Waals surface area contributed by atoms with Crippen LogP contribution in [0, 0.1) is 0 Å². The van der Waals surface area contributed by atoms with Gasteiger partial charge in [-0.1, -0.05) is 36.4 Å². The second kappa shape index (κ2) is 6.87. The summed E-state index contributed by atoms with van der Waals surface area (Å²) in [5.74, 6) is -1.39. The lowest BCUT2D eigenvalue weighted by Crippen LogP contribution is -2.17. The van der Waals surface area contributed by atoms with Gasteiger partial charge in [0.05, 0.1) is 11.3 Å². The largest absolute Gasteiger partial charge is 0.573 e. The van der Waals surface area contributed by atoms with Gasteiger partial charge < -0.3 is 9.84 Å². The summed E-state index contributed by atoms with van der Waals surface area (Å²) in [6.07, 6.45) is -3.56. The summed E-state index contributed by atoms with van der Waals surface area (Å²) in [6.45, 7) is 0. The van der Waals surface area contributed by atoms with Crippen molar-refractivity contribution in [2.75, 3.05) is 0 Å². The van der Waals surface area contributed by atoms with E-state index in [1.807, 2.05) is 0 Å². The van der Waals surface area contributed by atoms with Crippen molar-refractivity contribution in [1.82, 2.24) is 4.98 Å². The van der Waals surface area contributed by atoms with Crippen molar-refractivity contribution < 1.29 is 27.8 Å². The van der Waals surface area contributed by atoms with Crippen molar-refractivity contribution in [3.8, 4) is 28.1 Å². The van der Waals surface area contributed by atoms with Crippen LogP contribution in [0.4, 0.5) is 13.2 Å². The van der Waals surface area contributed by atoms with E-state index in [1.54, 1.807) is 36.4 Å². The Morgan fingerprint density at radius 1 is 0.962 bits per heavy atom. The zero-order valence-corrected chi connectivity index (χ0v) is 13.2. The van der Waals surface area contributed by atoms with Crippen LogP contribution in [0.3, 0.4) is 0 Å². The van der Waals surface area contributed by atoms with E-state index in [-0.39, 0.29) is 16.9 Å². The van der Waals surface area contributed by atoms with Gasteiger partial charge in [-0.15, -0.1) is 13.2 Å². The number of halogens is 3. The molecule has 0 unspecified atom stereocenters. The Morgan fingerprint density at radius 3 is 2.35 bits per heavy atom. The molecule has 26 heavy (non-hydrogen) atoms. The van der Waals surface area contributed by atoms with Crippen molar-refractivity contribution in [3.05, 3.63) is 72.4 Å². The van der Waals surface area contributed by atoms with Gasteiger partial charge in [-0.3, -0.25) is 4.98 Å². The van der Waals surface area contributed by atoms with Crippen molar-refractivity contribution in [3.63, 3.8) is 0 Å². The van der Waals surface area contributed by atoms with E-state index in [2.05, 4.69) is 9.72 Å². The Hall–Kier alpha value is -3.35. The molecule has 0 bridgehead atoms. The molecule has 0 aliphatic carbocycles. The summed E-state index contributed by atoms with van der Waals surface area (Å²) in [4.78, 5) is 15.0. The number of benzene rings is 2. The van der Waals surface area contributed by atoms with Gasteiger partial charge in [-0.2, -0.15) is 0 Å². The lowest BCUT2D eigenvalue weighted by atomic mass is 10.0. The topological polar surface area (TPSA) is 59.4 Å². The number of nitrogens with zero attached hydrogens (tertiary/aromatic N) is 1. The highest BCUT2D eigenvalue weighted by Crippen LogP contribution is 2.35. The number of aromatic nitrogens is 1. The van der Waals surface area contributed by atoms with Crippen molar-refractivity contribution >= 4 is 5.97 Å². The first kappa shape index (κ1) is 17.5. The van der Waals surface area contributed by atoms with E-state index < -0.39 is 12.3 Å². The summed E-state index contributed by atoms with van der Waals surface area (Å²) in [5, 5.41) is 8.92. The number of carbonyl (C=O) groups is 1. The number of hydrogen-bond acceptors (Lipinski definition) is 3. The Bertz CT molecular complexity index is 937. The fourth-order valence-corrected chi connectivity index (χ4v) is 2.46. The maximum Gasteiger partial charge on any atom is 0.573 e. The molecule has 2 aromatic carbocycles. The Balaban J connectivity index is 1.99. The number of para-hydroxylation sites is 1. The molecular formula is C19H12F3NO3. The quantitative estimate of drug-likeness (QED) is 0.711. The number of rotatable bonds is 4. The second-order valence-corrected chi connectivity index (χ2v) is 5.36. The molecule has 0 atom stereocenters. The maximum absolute atomic E-state index is 12.6. The molecule has 0 aliphatic rings. The highest BCUT2D eigenvalue weighted by Gasteiger charge is 2.32. The molecule has 0 radical (unpaired) electrons. The smallest absolute Gasteiger partial charge is 0.478 e. The third-order valence-corrected chi connectivity index (χ3v) is 3.59. The molecule has 0 saturated carbocycles. The summed E-state index contributed by atoms with van der Waals surface area (Å²) >= 11 is 0. The number of carboxylic acid groups (broad SMARTS) is 1. The fraction of sp³-hybridized carbons (Fsp3) is 0.0526. The van der Waals surface area contributed by atoms with Crippen LogP contribution >= 0.6 is 0 Å². The van der Waals surface area contributed by atoms with E-state index in [9.17, 15) is 18.0 Å². The standard InChI is InChI=1S/C19H12F3NO3/c20-19(21,22)26-17-7-2-1-6-15(17)12-4-3-5-13(10-12)16-9-8-14(11-23-16)18(24)25/h1-11H,(H,24,25). The molecule has 0 fully saturated rings. The van der Waals surface area contributed by atoms with Crippen molar-refractivity contribution in [1.29, 1.82) is 0 Å². The van der Waals surface area contributed by atoms with Gasteiger partial charge in [0.15, 0.2) is 0 Å². The normalized spacial score (nSPS) is 11.2. The minimum Gasteiger partial charge on any atom is -0.478 e. The molecule has 0 spiro atoms. The monoisotopic (exact) mass is 359 g/mol. The number of pyridine rings is 1. The summed E-state index contributed by atoms with van der Waals surface area (Å²) in [7, 11) is 0. The van der Waals surface area contributed by atoms with Gasteiger partial charge in [0.2, 0.25) is 0 Å². The highest BCUT2D eigenvalue weighted by molar-refractivity contribution is 5.87. The zero-order chi connectivity index (χ0) is 18.7. The van der Waals surface area contributed by atoms with Crippen molar-refractivity contribution in [2.24, 2.45) is 0 Å². The van der Waals surface area contributed by atoms with Crippen LogP contribution in [-0.4, -0.2) is 22.4 Å². The SMILES string of the molecule is O=C(O)c1ccc(-c2cccc(-c3ccccc3OC(F)(F)F)c2)nc1. The first-order valence-electron chi connectivity index (χ1n) is 7.48. The summed E-state index contributed by atoms with van der Waals surface area (Å²) in [5.41, 5.74) is 2.00. The van der Waals surface area contributed by atoms with Crippen LogP contribution in [0.5, 0.6) is 5.75 Å². The molecule has 1 heterocycles. The molecule has 1 N–H and O–H groups in total. The van der Waals surface area contributed by atoms with E-state index in [0.29, 0.717) is 16.8 Å². The highest BCUT2D eigenvalue weighted by atomic mass is 19.4. The van der Waals surface area contributed by atoms with Crippen molar-refractivity contribution in [2.45, 2.75) is 6.36 Å². The van der Waals surface area contributed by atoms with Crippen LogP contribution in [-0.2, 0) is 0 Å². The molecule has 3 aromatic rings. The molecule has 132 valence electrons. The van der Waals surface area contributed by atoms with Crippen LogP contribution in [0.25, 0.3) is 22.4 Å². The maximum atomic E-state index is 12.6. The number of carboxylic acids is 1. The molecule has 4 nitrogen and oxygen atoms in total. The minimum atomic E-state index is -4.79. The zero-order valence-electron chi connectivity index (χ0n) is 13.2. The van der Waals surface area contributed by atoms with Gasteiger partial charge in [-0.05, 0) is 29.8 Å². The first-order valence-corrected chi connectivity index (χ1v) is 7.48. The summed E-state index contributed by atoms with van der Waals surface area (Å²) < 4.78 is 41.9. The molecule has 3 rings (SSSR count). The lowest BCUT2D eigenvalue weighted by molar-refractivity contribution is -0.274. The van der Waals surface area contributed by atoms with Gasteiger partial charge >= 0.3 is 12.3 Å². The lowest BCUT2D eigenvalue weighted by Gasteiger charge is -2.14. The Labute approximate surface area is 146 Å². The molecule has 0 aliphatic heterocycles. The van der Waals surface area contributed by atoms with Gasteiger partial charge in [0, 0.05) is 17.3 Å². The molecule has 1 aromatic heterocycles. The van der Waals surface area contributed by atoms with E-state index in [0.717, 1.165) is 0 Å². The first-order chi connectivity index (χ1) is 12.3. The predicted octanol–water partition coefficient (Wildman–Crippen LogP) is 5.01. The predicted molar refractivity (Wildman–Crippen MR) is 88.8 cm³/mol. The third-order valence-electron chi connectivity index (χ3n) is 3.59. The Kier molecular flexibility index (Phi) is 4.62. The molecule has 0 saturated heterocycles. The van der Waals surface area contributed by atoms with Crippen LogP contribution < -0.4 is 4.74 Å². The summed E-state index contributed by atoms with van der Waals surface area (Å²) in [6, 6.07) is 15.6. The van der Waals surface area contributed by atoms with Crippen LogP contribution in [0.1, 0.15) is 10.4 Å². The number of hydrogen-bond donors (Lipinski definition) is 1. The molecular weight excluding hydrogens is 347 g/mol. The number of aromatic carboxylic acids is 1. The van der Waals surface area contributed by atoms with E-state index in [1.165, 1.54) is 30.5 Å². The van der Waals surface area contributed by atoms with E-state index in [4.69, 9.17) is 5.11 Å². The van der Waals surface area contributed by atoms with Gasteiger partial charge in [-0.25, -0.2) is 4.79 Å². The Morgan fingerprint density at radius 2 is 1.69 bits per heavy atom.